The molecule has 1 aromatic carbocycles. The first-order valence-electron chi connectivity index (χ1n) is 12.4. The Hall–Kier alpha value is -2.41. The summed E-state index contributed by atoms with van der Waals surface area (Å²) in [6.45, 7) is 8.70. The van der Waals surface area contributed by atoms with Crippen LogP contribution in [0.5, 0.6) is 0 Å². The first-order chi connectivity index (χ1) is 15.7. The van der Waals surface area contributed by atoms with Crippen molar-refractivity contribution in [3.05, 3.63) is 35.9 Å². The minimum absolute atomic E-state index is 0.00828. The largest absolute Gasteiger partial charge is 0.349 e. The zero-order valence-electron chi connectivity index (χ0n) is 20.6. The van der Waals surface area contributed by atoms with E-state index in [4.69, 9.17) is 0 Å². The number of hydrogen-bond acceptors (Lipinski definition) is 4. The van der Waals surface area contributed by atoms with Crippen LogP contribution in [0.4, 0.5) is 4.79 Å². The number of nitrogens with zero attached hydrogens (tertiary/aromatic N) is 3. The molecule has 4 amide bonds. The Balaban J connectivity index is 1.50. The molecular weight excluding hydrogens is 416 g/mol. The van der Waals surface area contributed by atoms with Gasteiger partial charge in [-0.15, -0.1) is 0 Å². The van der Waals surface area contributed by atoms with E-state index in [-0.39, 0.29) is 47.9 Å². The molecule has 0 aliphatic carbocycles. The van der Waals surface area contributed by atoms with Crippen LogP contribution >= 0.6 is 0 Å². The highest BCUT2D eigenvalue weighted by molar-refractivity contribution is 6.07. The van der Waals surface area contributed by atoms with Gasteiger partial charge in [0.05, 0.1) is 6.04 Å². The van der Waals surface area contributed by atoms with Crippen LogP contribution < -0.4 is 5.32 Å². The van der Waals surface area contributed by atoms with Crippen LogP contribution in [0.1, 0.15) is 71.4 Å². The summed E-state index contributed by atoms with van der Waals surface area (Å²) in [6.07, 6.45) is 4.33. The number of carbonyl (C=O) groups is 3. The minimum Gasteiger partial charge on any atom is -0.349 e. The van der Waals surface area contributed by atoms with E-state index in [1.54, 1.807) is 7.05 Å². The van der Waals surface area contributed by atoms with Crippen molar-refractivity contribution in [2.45, 2.75) is 89.5 Å². The van der Waals surface area contributed by atoms with E-state index in [1.807, 2.05) is 50.8 Å². The normalized spacial score (nSPS) is 28.5. The SMILES string of the molecule is CC(C)C(=O)N[C@@H](CCN1C2CCC1CC1(C2)C(=O)N(C)C(=O)N1C(C)C)c1ccccc1. The number of imide groups is 1. The molecule has 0 aromatic heterocycles. The van der Waals surface area contributed by atoms with Crippen LogP contribution in [0.2, 0.25) is 0 Å². The number of carbonyl (C=O) groups excluding carboxylic acids is 3. The van der Waals surface area contributed by atoms with Crippen molar-refractivity contribution in [3.63, 3.8) is 0 Å². The fraction of sp³-hybridized carbons (Fsp3) is 0.654. The molecule has 3 heterocycles. The number of urea groups is 1. The molecule has 180 valence electrons. The lowest BCUT2D eigenvalue weighted by Gasteiger charge is -2.48. The van der Waals surface area contributed by atoms with Crippen molar-refractivity contribution in [1.82, 2.24) is 20.0 Å². The van der Waals surface area contributed by atoms with Gasteiger partial charge < -0.3 is 10.2 Å². The molecule has 4 rings (SSSR count). The molecule has 2 bridgehead atoms. The molecule has 2 unspecified atom stereocenters. The van der Waals surface area contributed by atoms with Gasteiger partial charge in [0.2, 0.25) is 5.91 Å². The summed E-state index contributed by atoms with van der Waals surface area (Å²) in [4.78, 5) is 44.3. The van der Waals surface area contributed by atoms with E-state index in [0.29, 0.717) is 12.8 Å². The second-order valence-corrected chi connectivity index (χ2v) is 10.6. The lowest BCUT2D eigenvalue weighted by Crippen LogP contribution is -2.61. The van der Waals surface area contributed by atoms with Gasteiger partial charge in [-0.3, -0.25) is 19.4 Å². The fourth-order valence-corrected chi connectivity index (χ4v) is 6.24. The number of rotatable bonds is 7. The predicted molar refractivity (Wildman–Crippen MR) is 127 cm³/mol. The second kappa shape index (κ2) is 9.09. The molecule has 3 aliphatic rings. The van der Waals surface area contributed by atoms with Crippen LogP contribution in [0.15, 0.2) is 30.3 Å². The minimum atomic E-state index is -0.701. The number of likely N-dealkylation sites (N-methyl/N-ethyl adjacent to an activating group) is 1. The maximum atomic E-state index is 13.3. The van der Waals surface area contributed by atoms with E-state index in [1.165, 1.54) is 4.90 Å². The molecule has 3 aliphatic heterocycles. The summed E-state index contributed by atoms with van der Waals surface area (Å²) in [6, 6.07) is 10.5. The van der Waals surface area contributed by atoms with Crippen molar-refractivity contribution < 1.29 is 14.4 Å². The molecular formula is C26H38N4O3. The lowest BCUT2D eigenvalue weighted by atomic mass is 9.80. The number of piperidine rings is 1. The Morgan fingerprint density at radius 2 is 1.67 bits per heavy atom. The molecule has 0 saturated carbocycles. The maximum Gasteiger partial charge on any atom is 0.327 e. The van der Waals surface area contributed by atoms with Gasteiger partial charge in [-0.25, -0.2) is 4.79 Å². The molecule has 7 nitrogen and oxygen atoms in total. The van der Waals surface area contributed by atoms with Gasteiger partial charge in [-0.1, -0.05) is 44.2 Å². The Labute approximate surface area is 197 Å². The molecule has 1 aromatic rings. The summed E-state index contributed by atoms with van der Waals surface area (Å²) in [5.74, 6) is -0.0358. The van der Waals surface area contributed by atoms with Gasteiger partial charge in [-0.05, 0) is 51.5 Å². The van der Waals surface area contributed by atoms with Crippen LogP contribution in [-0.4, -0.2) is 69.8 Å². The van der Waals surface area contributed by atoms with Gasteiger partial charge >= 0.3 is 6.03 Å². The zero-order valence-corrected chi connectivity index (χ0v) is 20.6. The van der Waals surface area contributed by atoms with Gasteiger partial charge in [0.1, 0.15) is 5.54 Å². The smallest absolute Gasteiger partial charge is 0.327 e. The molecule has 3 saturated heterocycles. The molecule has 1 spiro atoms. The van der Waals surface area contributed by atoms with E-state index in [2.05, 4.69) is 22.3 Å². The third-order valence-corrected chi connectivity index (χ3v) is 7.81. The first kappa shape index (κ1) is 23.7. The monoisotopic (exact) mass is 454 g/mol. The third-order valence-electron chi connectivity index (χ3n) is 7.81. The summed E-state index contributed by atoms with van der Waals surface area (Å²) in [5, 5.41) is 3.23. The summed E-state index contributed by atoms with van der Waals surface area (Å²) >= 11 is 0. The van der Waals surface area contributed by atoms with Crippen molar-refractivity contribution in [2.75, 3.05) is 13.6 Å². The molecule has 33 heavy (non-hydrogen) atoms. The lowest BCUT2D eigenvalue weighted by molar-refractivity contribution is -0.137. The zero-order chi connectivity index (χ0) is 23.9. The van der Waals surface area contributed by atoms with Crippen LogP contribution in [0.25, 0.3) is 0 Å². The highest BCUT2D eigenvalue weighted by atomic mass is 16.2. The molecule has 3 atom stereocenters. The van der Waals surface area contributed by atoms with Crippen molar-refractivity contribution >= 4 is 17.8 Å². The third kappa shape index (κ3) is 4.16. The van der Waals surface area contributed by atoms with Gasteiger partial charge in [0.15, 0.2) is 0 Å². The second-order valence-electron chi connectivity index (χ2n) is 10.6. The van der Waals surface area contributed by atoms with E-state index < -0.39 is 5.54 Å². The quantitative estimate of drug-likeness (QED) is 0.640. The Morgan fingerprint density at radius 1 is 1.06 bits per heavy atom. The molecule has 7 heteroatoms. The van der Waals surface area contributed by atoms with Crippen LogP contribution in [-0.2, 0) is 9.59 Å². The number of amides is 4. The average molecular weight is 455 g/mol. The van der Waals surface area contributed by atoms with E-state index in [0.717, 1.165) is 31.4 Å². The Morgan fingerprint density at radius 3 is 2.21 bits per heavy atom. The summed E-state index contributed by atoms with van der Waals surface area (Å²) in [7, 11) is 1.62. The van der Waals surface area contributed by atoms with Crippen LogP contribution in [0.3, 0.4) is 0 Å². The highest BCUT2D eigenvalue weighted by Crippen LogP contribution is 2.48. The van der Waals surface area contributed by atoms with Gasteiger partial charge in [0, 0.05) is 37.6 Å². The number of benzene rings is 1. The fourth-order valence-electron chi connectivity index (χ4n) is 6.24. The van der Waals surface area contributed by atoms with Crippen molar-refractivity contribution in [3.8, 4) is 0 Å². The average Bonchev–Trinajstić information content (AvgIpc) is 3.13. The summed E-state index contributed by atoms with van der Waals surface area (Å²) in [5.41, 5.74) is 0.420. The number of nitrogens with one attached hydrogen (secondary N) is 1. The Bertz CT molecular complexity index is 886. The molecule has 0 radical (unpaired) electrons. The predicted octanol–water partition coefficient (Wildman–Crippen LogP) is 3.56. The van der Waals surface area contributed by atoms with Gasteiger partial charge in [0.25, 0.3) is 5.91 Å². The number of fused-ring (bicyclic) bond motifs is 2. The highest BCUT2D eigenvalue weighted by Gasteiger charge is 2.62. The standard InChI is InChI=1S/C26H38N4O3/c1-17(2)23(31)27-22(19-9-7-6-8-10-19)13-14-29-20-11-12-21(29)16-26(15-20)24(32)28(5)25(33)30(26)18(3)4/h6-10,17-18,20-22H,11-16H2,1-5H3,(H,27,31)/t20?,21?,22-,26?/m0/s1. The molecule has 1 N–H and O–H groups in total. The van der Waals surface area contributed by atoms with Crippen molar-refractivity contribution in [1.29, 1.82) is 0 Å². The van der Waals surface area contributed by atoms with E-state index in [9.17, 15) is 14.4 Å². The first-order valence-corrected chi connectivity index (χ1v) is 12.4. The number of hydrogen-bond donors (Lipinski definition) is 1. The Kier molecular flexibility index (Phi) is 6.54. The van der Waals surface area contributed by atoms with Crippen LogP contribution in [0, 0.1) is 5.92 Å². The van der Waals surface area contributed by atoms with E-state index >= 15 is 0 Å². The summed E-state index contributed by atoms with van der Waals surface area (Å²) < 4.78 is 0. The topological polar surface area (TPSA) is 73.0 Å². The van der Waals surface area contributed by atoms with Gasteiger partial charge in [-0.2, -0.15) is 0 Å². The molecule has 3 fully saturated rings. The van der Waals surface area contributed by atoms with Crippen molar-refractivity contribution in [2.24, 2.45) is 5.92 Å². The maximum absolute atomic E-state index is 13.3.